The zero-order valence-corrected chi connectivity index (χ0v) is 18.2. The number of hydrogen-bond donors (Lipinski definition) is 1. The summed E-state index contributed by atoms with van der Waals surface area (Å²) < 4.78 is 6.82. The molecule has 0 aliphatic carbocycles. The summed E-state index contributed by atoms with van der Waals surface area (Å²) in [5.74, 6) is 0.303. The fourth-order valence-corrected chi connectivity index (χ4v) is 4.56. The molecule has 0 saturated carbocycles. The highest BCUT2D eigenvalue weighted by Gasteiger charge is 2.34. The molecular weight excluding hydrogens is 456 g/mol. The van der Waals surface area contributed by atoms with E-state index in [4.69, 9.17) is 4.74 Å². The van der Waals surface area contributed by atoms with Crippen molar-refractivity contribution in [3.05, 3.63) is 99.7 Å². The molecule has 1 aliphatic rings. The highest BCUT2D eigenvalue weighted by Crippen LogP contribution is 2.31. The van der Waals surface area contributed by atoms with E-state index in [1.54, 1.807) is 24.3 Å². The van der Waals surface area contributed by atoms with E-state index >= 15 is 0 Å². The number of hydrogen-bond acceptors (Lipinski definition) is 3. The van der Waals surface area contributed by atoms with Crippen LogP contribution in [0.15, 0.2) is 77.4 Å². The Kier molecular flexibility index (Phi) is 5.08. The van der Waals surface area contributed by atoms with Crippen LogP contribution in [-0.2, 0) is 13.0 Å². The monoisotopic (exact) mass is 474 g/mol. The third-order valence-electron chi connectivity index (χ3n) is 5.54. The largest absolute Gasteiger partial charge is 0.489 e. The Bertz CT molecular complexity index is 1260. The minimum Gasteiger partial charge on any atom is -0.489 e. The van der Waals surface area contributed by atoms with E-state index in [-0.39, 0.29) is 11.8 Å². The first kappa shape index (κ1) is 19.6. The average Bonchev–Trinajstić information content (AvgIpc) is 3.24. The summed E-state index contributed by atoms with van der Waals surface area (Å²) in [7, 11) is 0. The SMILES string of the molecule is O=C1c2ccccc2C(=O)N1CCc1c(Br)[nH]c2ccc(OCc3ccccc3)cc12. The molecule has 0 spiro atoms. The maximum atomic E-state index is 12.7. The topological polar surface area (TPSA) is 62.4 Å². The number of benzene rings is 3. The molecule has 0 unspecified atom stereocenters. The Morgan fingerprint density at radius 3 is 2.26 bits per heavy atom. The third kappa shape index (κ3) is 3.64. The van der Waals surface area contributed by atoms with Crippen LogP contribution in [0, 0.1) is 0 Å². The first-order valence-corrected chi connectivity index (χ1v) is 10.8. The van der Waals surface area contributed by atoms with Crippen LogP contribution in [0.4, 0.5) is 0 Å². The summed E-state index contributed by atoms with van der Waals surface area (Å²) in [4.78, 5) is 30.0. The van der Waals surface area contributed by atoms with Gasteiger partial charge < -0.3 is 9.72 Å². The zero-order valence-electron chi connectivity index (χ0n) is 16.6. The maximum absolute atomic E-state index is 12.7. The van der Waals surface area contributed by atoms with Gasteiger partial charge in [-0.25, -0.2) is 0 Å². The van der Waals surface area contributed by atoms with Crippen molar-refractivity contribution < 1.29 is 14.3 Å². The Morgan fingerprint density at radius 2 is 1.55 bits per heavy atom. The quantitative estimate of drug-likeness (QED) is 0.383. The number of imide groups is 1. The van der Waals surface area contributed by atoms with Gasteiger partial charge in [-0.2, -0.15) is 0 Å². The summed E-state index contributed by atoms with van der Waals surface area (Å²) in [6.45, 7) is 0.801. The van der Waals surface area contributed by atoms with Gasteiger partial charge in [0, 0.05) is 17.4 Å². The Morgan fingerprint density at radius 1 is 0.871 bits per heavy atom. The van der Waals surface area contributed by atoms with Gasteiger partial charge in [0.1, 0.15) is 12.4 Å². The lowest BCUT2D eigenvalue weighted by molar-refractivity contribution is 0.0656. The van der Waals surface area contributed by atoms with E-state index in [0.29, 0.717) is 30.7 Å². The van der Waals surface area contributed by atoms with Gasteiger partial charge in [0.2, 0.25) is 0 Å². The number of ether oxygens (including phenoxy) is 1. The number of rotatable bonds is 6. The van der Waals surface area contributed by atoms with Crippen LogP contribution in [0.2, 0.25) is 0 Å². The van der Waals surface area contributed by atoms with Gasteiger partial charge in [-0.1, -0.05) is 42.5 Å². The molecule has 2 amide bonds. The number of nitrogens with one attached hydrogen (secondary N) is 1. The number of nitrogens with zero attached hydrogens (tertiary/aromatic N) is 1. The van der Waals surface area contributed by atoms with Gasteiger partial charge in [-0.05, 0) is 63.8 Å². The molecule has 4 aromatic rings. The Hall–Kier alpha value is -3.38. The van der Waals surface area contributed by atoms with Crippen LogP contribution in [0.25, 0.3) is 10.9 Å². The number of H-pyrrole nitrogens is 1. The van der Waals surface area contributed by atoms with E-state index < -0.39 is 0 Å². The number of aromatic amines is 1. The summed E-state index contributed by atoms with van der Waals surface area (Å²) in [6, 6.07) is 22.9. The highest BCUT2D eigenvalue weighted by molar-refractivity contribution is 9.10. The number of halogens is 1. The summed E-state index contributed by atoms with van der Waals surface area (Å²) in [5, 5.41) is 1.01. The average molecular weight is 475 g/mol. The van der Waals surface area contributed by atoms with Crippen LogP contribution in [0.3, 0.4) is 0 Å². The second kappa shape index (κ2) is 8.04. The fraction of sp³-hybridized carbons (Fsp3) is 0.120. The van der Waals surface area contributed by atoms with E-state index in [1.165, 1.54) is 4.90 Å². The van der Waals surface area contributed by atoms with Crippen LogP contribution >= 0.6 is 15.9 Å². The van der Waals surface area contributed by atoms with Gasteiger partial charge in [0.05, 0.1) is 15.7 Å². The number of carbonyl (C=O) groups is 2. The van der Waals surface area contributed by atoms with Gasteiger partial charge >= 0.3 is 0 Å². The highest BCUT2D eigenvalue weighted by atomic mass is 79.9. The molecule has 1 aliphatic heterocycles. The van der Waals surface area contributed by atoms with Gasteiger partial charge in [0.25, 0.3) is 11.8 Å². The number of aromatic nitrogens is 1. The molecule has 1 N–H and O–H groups in total. The summed E-state index contributed by atoms with van der Waals surface area (Å²) in [6.07, 6.45) is 0.536. The summed E-state index contributed by atoms with van der Waals surface area (Å²) >= 11 is 3.59. The second-order valence-corrected chi connectivity index (χ2v) is 8.25. The second-order valence-electron chi connectivity index (χ2n) is 7.46. The zero-order chi connectivity index (χ0) is 21.4. The molecule has 154 valence electrons. The predicted octanol–water partition coefficient (Wildman–Crippen LogP) is 5.35. The van der Waals surface area contributed by atoms with Crippen molar-refractivity contribution >= 4 is 38.6 Å². The Balaban J connectivity index is 1.35. The van der Waals surface area contributed by atoms with Crippen molar-refractivity contribution in [3.63, 3.8) is 0 Å². The molecule has 31 heavy (non-hydrogen) atoms. The van der Waals surface area contributed by atoms with E-state index in [1.807, 2.05) is 48.5 Å². The predicted molar refractivity (Wildman–Crippen MR) is 122 cm³/mol. The first-order valence-electron chi connectivity index (χ1n) is 10.0. The van der Waals surface area contributed by atoms with Gasteiger partial charge in [-0.15, -0.1) is 0 Å². The minimum atomic E-state index is -0.233. The summed E-state index contributed by atoms with van der Waals surface area (Å²) in [5.41, 5.74) is 4.03. The lowest BCUT2D eigenvalue weighted by Crippen LogP contribution is -2.31. The maximum Gasteiger partial charge on any atom is 0.261 e. The molecule has 0 bridgehead atoms. The van der Waals surface area contributed by atoms with E-state index in [9.17, 15) is 9.59 Å². The van der Waals surface area contributed by atoms with Crippen molar-refractivity contribution in [2.24, 2.45) is 0 Å². The molecule has 5 nitrogen and oxygen atoms in total. The fourth-order valence-electron chi connectivity index (χ4n) is 3.93. The molecule has 6 heteroatoms. The van der Waals surface area contributed by atoms with Crippen LogP contribution in [0.5, 0.6) is 5.75 Å². The molecule has 0 atom stereocenters. The molecule has 0 radical (unpaired) electrons. The normalized spacial score (nSPS) is 13.1. The van der Waals surface area contributed by atoms with Gasteiger partial charge in [-0.3, -0.25) is 14.5 Å². The molecule has 0 fully saturated rings. The first-order chi connectivity index (χ1) is 15.1. The minimum absolute atomic E-state index is 0.233. The van der Waals surface area contributed by atoms with Crippen molar-refractivity contribution in [1.82, 2.24) is 9.88 Å². The standard InChI is InChI=1S/C25H19BrN2O3/c26-23-18(12-13-28-24(29)19-8-4-5-9-20(19)25(28)30)21-14-17(10-11-22(21)27-23)31-15-16-6-2-1-3-7-16/h1-11,14,27H,12-13,15H2. The van der Waals surface area contributed by atoms with Crippen LogP contribution in [-0.4, -0.2) is 28.2 Å². The van der Waals surface area contributed by atoms with Crippen molar-refractivity contribution in [2.45, 2.75) is 13.0 Å². The number of carbonyl (C=O) groups excluding carboxylic acids is 2. The molecular formula is C25H19BrN2O3. The van der Waals surface area contributed by atoms with E-state index in [0.717, 1.165) is 32.4 Å². The van der Waals surface area contributed by atoms with Crippen molar-refractivity contribution in [1.29, 1.82) is 0 Å². The van der Waals surface area contributed by atoms with Gasteiger partial charge in [0.15, 0.2) is 0 Å². The molecule has 2 heterocycles. The molecule has 0 saturated heterocycles. The molecule has 5 rings (SSSR count). The van der Waals surface area contributed by atoms with Crippen molar-refractivity contribution in [3.8, 4) is 5.75 Å². The van der Waals surface area contributed by atoms with Crippen molar-refractivity contribution in [2.75, 3.05) is 6.54 Å². The lowest BCUT2D eigenvalue weighted by atomic mass is 10.1. The number of amides is 2. The Labute approximate surface area is 187 Å². The smallest absolute Gasteiger partial charge is 0.261 e. The lowest BCUT2D eigenvalue weighted by Gasteiger charge is -2.13. The third-order valence-corrected chi connectivity index (χ3v) is 6.21. The molecule has 1 aromatic heterocycles. The number of fused-ring (bicyclic) bond motifs is 2. The van der Waals surface area contributed by atoms with E-state index in [2.05, 4.69) is 20.9 Å². The van der Waals surface area contributed by atoms with Crippen LogP contribution < -0.4 is 4.74 Å². The molecule has 3 aromatic carbocycles. The van der Waals surface area contributed by atoms with Crippen LogP contribution in [0.1, 0.15) is 31.8 Å².